The van der Waals surface area contributed by atoms with Crippen LogP contribution in [0, 0.1) is 0 Å². The number of nitrogens with zero attached hydrogens (tertiary/aromatic N) is 4. The first kappa shape index (κ1) is 12.6. The summed E-state index contributed by atoms with van der Waals surface area (Å²) in [5.74, 6) is 1.71. The standard InChI is InChI=1S/C14H12BrN5O/c15-12-7-17-13(14-19-18-8-20(12)14)16-6-9-2-1-3-11-10(9)4-5-21-11/h1-3,7-8H,4-6H2,(H,16,17). The summed E-state index contributed by atoms with van der Waals surface area (Å²) in [6.45, 7) is 1.45. The smallest absolute Gasteiger partial charge is 0.204 e. The van der Waals surface area contributed by atoms with Gasteiger partial charge in [-0.25, -0.2) is 4.98 Å². The van der Waals surface area contributed by atoms with E-state index in [1.165, 1.54) is 11.1 Å². The zero-order chi connectivity index (χ0) is 14.2. The van der Waals surface area contributed by atoms with Gasteiger partial charge in [-0.1, -0.05) is 12.1 Å². The number of hydrogen-bond donors (Lipinski definition) is 1. The minimum absolute atomic E-state index is 0.684. The Bertz CT molecular complexity index is 816. The predicted molar refractivity (Wildman–Crippen MR) is 81.4 cm³/mol. The van der Waals surface area contributed by atoms with Crippen molar-refractivity contribution in [1.82, 2.24) is 19.6 Å². The van der Waals surface area contributed by atoms with Gasteiger partial charge in [0, 0.05) is 18.5 Å². The van der Waals surface area contributed by atoms with Crippen LogP contribution in [0.2, 0.25) is 0 Å². The molecule has 0 radical (unpaired) electrons. The second-order valence-corrected chi connectivity index (χ2v) is 5.61. The zero-order valence-corrected chi connectivity index (χ0v) is 12.7. The molecule has 3 aromatic rings. The monoisotopic (exact) mass is 345 g/mol. The summed E-state index contributed by atoms with van der Waals surface area (Å²) in [5, 5.41) is 11.4. The Morgan fingerprint density at radius 1 is 1.38 bits per heavy atom. The molecule has 0 bridgehead atoms. The van der Waals surface area contributed by atoms with E-state index in [-0.39, 0.29) is 0 Å². The Hall–Kier alpha value is -2.15. The Morgan fingerprint density at radius 2 is 2.33 bits per heavy atom. The number of aromatic nitrogens is 4. The van der Waals surface area contributed by atoms with Crippen LogP contribution in [-0.4, -0.2) is 26.2 Å². The van der Waals surface area contributed by atoms with E-state index in [1.54, 1.807) is 12.5 Å². The first-order valence-electron chi connectivity index (χ1n) is 6.64. The van der Waals surface area contributed by atoms with Gasteiger partial charge >= 0.3 is 0 Å². The van der Waals surface area contributed by atoms with Crippen LogP contribution in [0.3, 0.4) is 0 Å². The van der Waals surface area contributed by atoms with Crippen molar-refractivity contribution in [3.63, 3.8) is 0 Å². The second-order valence-electron chi connectivity index (χ2n) is 4.80. The van der Waals surface area contributed by atoms with Gasteiger partial charge in [-0.05, 0) is 27.6 Å². The molecule has 0 atom stereocenters. The van der Waals surface area contributed by atoms with Crippen LogP contribution in [0.5, 0.6) is 5.75 Å². The highest BCUT2D eigenvalue weighted by Gasteiger charge is 2.16. The summed E-state index contributed by atoms with van der Waals surface area (Å²) in [6.07, 6.45) is 4.35. The maximum atomic E-state index is 5.59. The summed E-state index contributed by atoms with van der Waals surface area (Å²) in [5.41, 5.74) is 3.21. The summed E-state index contributed by atoms with van der Waals surface area (Å²) >= 11 is 3.42. The van der Waals surface area contributed by atoms with Crippen molar-refractivity contribution in [3.05, 3.63) is 46.5 Å². The van der Waals surface area contributed by atoms with Gasteiger partial charge in [0.05, 0.1) is 12.8 Å². The summed E-state index contributed by atoms with van der Waals surface area (Å²) < 4.78 is 8.25. The van der Waals surface area contributed by atoms with E-state index in [4.69, 9.17) is 4.74 Å². The minimum Gasteiger partial charge on any atom is -0.493 e. The molecule has 1 aliphatic heterocycles. The largest absolute Gasteiger partial charge is 0.493 e. The molecule has 4 rings (SSSR count). The SMILES string of the molecule is Brc1cnc(NCc2cccc3c2CCO3)c2nncn12. The molecule has 0 saturated heterocycles. The molecule has 7 heteroatoms. The molecule has 106 valence electrons. The molecule has 0 unspecified atom stereocenters. The van der Waals surface area contributed by atoms with Gasteiger partial charge in [0.2, 0.25) is 5.65 Å². The van der Waals surface area contributed by atoms with Crippen molar-refractivity contribution in [2.45, 2.75) is 13.0 Å². The Balaban J connectivity index is 1.63. The fraction of sp³-hybridized carbons (Fsp3) is 0.214. The van der Waals surface area contributed by atoms with Gasteiger partial charge in [0.15, 0.2) is 5.82 Å². The van der Waals surface area contributed by atoms with Gasteiger partial charge < -0.3 is 10.1 Å². The minimum atomic E-state index is 0.684. The third-order valence-corrected chi connectivity index (χ3v) is 4.16. The van der Waals surface area contributed by atoms with E-state index in [1.807, 2.05) is 16.5 Å². The van der Waals surface area contributed by atoms with E-state index < -0.39 is 0 Å². The highest BCUT2D eigenvalue weighted by atomic mass is 79.9. The number of anilines is 1. The average Bonchev–Trinajstić information content (AvgIpc) is 3.16. The van der Waals surface area contributed by atoms with Crippen LogP contribution in [0.1, 0.15) is 11.1 Å². The number of halogens is 1. The lowest BCUT2D eigenvalue weighted by molar-refractivity contribution is 0.357. The third-order valence-electron chi connectivity index (χ3n) is 3.58. The number of rotatable bonds is 3. The van der Waals surface area contributed by atoms with Crippen LogP contribution in [0.15, 0.2) is 35.3 Å². The average molecular weight is 346 g/mol. The van der Waals surface area contributed by atoms with Crippen LogP contribution >= 0.6 is 15.9 Å². The first-order valence-corrected chi connectivity index (χ1v) is 7.44. The summed E-state index contributed by atoms with van der Waals surface area (Å²) in [4.78, 5) is 4.37. The van der Waals surface area contributed by atoms with Crippen molar-refractivity contribution in [2.24, 2.45) is 0 Å². The molecular formula is C14H12BrN5O. The molecule has 21 heavy (non-hydrogen) atoms. The lowest BCUT2D eigenvalue weighted by Crippen LogP contribution is -2.06. The van der Waals surface area contributed by atoms with Gasteiger partial charge in [0.25, 0.3) is 0 Å². The van der Waals surface area contributed by atoms with Crippen LogP contribution in [0.25, 0.3) is 5.65 Å². The molecule has 0 saturated carbocycles. The molecule has 1 aliphatic rings. The van der Waals surface area contributed by atoms with Crippen molar-refractivity contribution < 1.29 is 4.74 Å². The van der Waals surface area contributed by atoms with Gasteiger partial charge in [0.1, 0.15) is 16.7 Å². The number of hydrogen-bond acceptors (Lipinski definition) is 5. The van der Waals surface area contributed by atoms with E-state index in [9.17, 15) is 0 Å². The molecule has 1 aromatic carbocycles. The maximum absolute atomic E-state index is 5.59. The van der Waals surface area contributed by atoms with Crippen LogP contribution < -0.4 is 10.1 Å². The molecule has 3 heterocycles. The fourth-order valence-corrected chi connectivity index (χ4v) is 2.91. The molecule has 0 aliphatic carbocycles. The van der Waals surface area contributed by atoms with E-state index in [2.05, 4.69) is 42.5 Å². The van der Waals surface area contributed by atoms with Crippen molar-refractivity contribution >= 4 is 27.4 Å². The second kappa shape index (κ2) is 5.00. The highest BCUT2D eigenvalue weighted by molar-refractivity contribution is 9.10. The molecule has 1 N–H and O–H groups in total. The number of benzene rings is 1. The Kier molecular flexibility index (Phi) is 2.99. The highest BCUT2D eigenvalue weighted by Crippen LogP contribution is 2.28. The van der Waals surface area contributed by atoms with E-state index >= 15 is 0 Å². The van der Waals surface area contributed by atoms with Crippen molar-refractivity contribution in [2.75, 3.05) is 11.9 Å². The van der Waals surface area contributed by atoms with Crippen LogP contribution in [0.4, 0.5) is 5.82 Å². The third kappa shape index (κ3) is 2.13. The van der Waals surface area contributed by atoms with E-state index in [0.717, 1.165) is 23.4 Å². The fourth-order valence-electron chi connectivity index (χ4n) is 2.55. The maximum Gasteiger partial charge on any atom is 0.204 e. The van der Waals surface area contributed by atoms with Crippen molar-refractivity contribution in [1.29, 1.82) is 0 Å². The lowest BCUT2D eigenvalue weighted by Gasteiger charge is -2.10. The summed E-state index contributed by atoms with van der Waals surface area (Å²) in [7, 11) is 0. The normalized spacial score (nSPS) is 13.2. The topological polar surface area (TPSA) is 64.3 Å². The Labute approximate surface area is 129 Å². The first-order chi connectivity index (χ1) is 10.3. The molecule has 2 aromatic heterocycles. The van der Waals surface area contributed by atoms with Crippen molar-refractivity contribution in [3.8, 4) is 5.75 Å². The molecule has 6 nitrogen and oxygen atoms in total. The van der Waals surface area contributed by atoms with Gasteiger partial charge in [-0.15, -0.1) is 10.2 Å². The molecule has 0 spiro atoms. The lowest BCUT2D eigenvalue weighted by atomic mass is 10.1. The zero-order valence-electron chi connectivity index (χ0n) is 11.1. The summed E-state index contributed by atoms with van der Waals surface area (Å²) in [6, 6.07) is 6.14. The quantitative estimate of drug-likeness (QED) is 0.789. The van der Waals surface area contributed by atoms with E-state index in [0.29, 0.717) is 18.0 Å². The molecular weight excluding hydrogens is 334 g/mol. The Morgan fingerprint density at radius 3 is 3.29 bits per heavy atom. The van der Waals surface area contributed by atoms with Gasteiger partial charge in [-0.3, -0.25) is 4.40 Å². The van der Waals surface area contributed by atoms with Gasteiger partial charge in [-0.2, -0.15) is 0 Å². The predicted octanol–water partition coefficient (Wildman–Crippen LogP) is 2.43. The number of ether oxygens (including phenoxy) is 1. The molecule has 0 amide bonds. The number of nitrogens with one attached hydrogen (secondary N) is 1. The molecule has 0 fully saturated rings. The number of fused-ring (bicyclic) bond motifs is 2. The van der Waals surface area contributed by atoms with Crippen LogP contribution in [-0.2, 0) is 13.0 Å².